The molecule has 0 radical (unpaired) electrons. The molecule has 0 saturated heterocycles. The van der Waals surface area contributed by atoms with Crippen molar-refractivity contribution in [2.24, 2.45) is 0 Å². The monoisotopic (exact) mass is 233 g/mol. The Morgan fingerprint density at radius 1 is 1.35 bits per heavy atom. The van der Waals surface area contributed by atoms with E-state index < -0.39 is 0 Å². The Bertz CT molecular complexity index is 297. The Morgan fingerprint density at radius 3 is 2.88 bits per heavy atom. The minimum absolute atomic E-state index is 1.09. The van der Waals surface area contributed by atoms with E-state index in [0.717, 1.165) is 13.0 Å². The largest absolute Gasteiger partial charge is 0.320 e. The predicted molar refractivity (Wildman–Crippen MR) is 77.2 cm³/mol. The Balaban J connectivity index is 2.44. The summed E-state index contributed by atoms with van der Waals surface area (Å²) in [6.07, 6.45) is 13.3. The highest BCUT2D eigenvalue weighted by Crippen LogP contribution is 2.29. The van der Waals surface area contributed by atoms with Gasteiger partial charge >= 0.3 is 0 Å². The van der Waals surface area contributed by atoms with Gasteiger partial charge in [0, 0.05) is 0 Å². The summed E-state index contributed by atoms with van der Waals surface area (Å²) in [7, 11) is 2.02. The third-order valence-corrected chi connectivity index (χ3v) is 3.49. The van der Waals surface area contributed by atoms with Crippen LogP contribution in [-0.4, -0.2) is 13.6 Å². The second-order valence-corrected chi connectivity index (χ2v) is 4.82. The lowest BCUT2D eigenvalue weighted by Gasteiger charge is -2.17. The van der Waals surface area contributed by atoms with Crippen molar-refractivity contribution in [1.29, 1.82) is 0 Å². The molecule has 1 heteroatoms. The first-order chi connectivity index (χ1) is 8.29. The number of rotatable bonds is 8. The first kappa shape index (κ1) is 14.2. The van der Waals surface area contributed by atoms with Crippen molar-refractivity contribution in [3.05, 3.63) is 35.5 Å². The van der Waals surface area contributed by atoms with Crippen LogP contribution in [0.1, 0.15) is 51.9 Å². The number of nitrogens with one attached hydrogen (secondary N) is 1. The highest BCUT2D eigenvalue weighted by Gasteiger charge is 2.09. The van der Waals surface area contributed by atoms with E-state index in [1.165, 1.54) is 44.1 Å². The second kappa shape index (κ2) is 8.30. The zero-order chi connectivity index (χ0) is 12.5. The molecule has 0 heterocycles. The van der Waals surface area contributed by atoms with Gasteiger partial charge in [0.15, 0.2) is 0 Å². The van der Waals surface area contributed by atoms with Gasteiger partial charge in [-0.25, -0.2) is 0 Å². The van der Waals surface area contributed by atoms with E-state index in [2.05, 4.69) is 31.0 Å². The summed E-state index contributed by atoms with van der Waals surface area (Å²) in [5, 5.41) is 3.20. The zero-order valence-corrected chi connectivity index (χ0v) is 11.5. The van der Waals surface area contributed by atoms with Crippen LogP contribution in [0.4, 0.5) is 0 Å². The Labute approximate surface area is 107 Å². The molecule has 0 atom stereocenters. The van der Waals surface area contributed by atoms with Gasteiger partial charge in [-0.3, -0.25) is 0 Å². The van der Waals surface area contributed by atoms with Crippen molar-refractivity contribution in [3.63, 3.8) is 0 Å². The molecule has 0 aromatic heterocycles. The van der Waals surface area contributed by atoms with Gasteiger partial charge in [-0.05, 0) is 63.3 Å². The third-order valence-electron chi connectivity index (χ3n) is 3.49. The predicted octanol–water partition coefficient (Wildman–Crippen LogP) is 4.38. The molecule has 1 aliphatic rings. The molecule has 0 unspecified atom stereocenters. The van der Waals surface area contributed by atoms with Crippen molar-refractivity contribution in [1.82, 2.24) is 5.32 Å². The van der Waals surface area contributed by atoms with Crippen molar-refractivity contribution in [2.75, 3.05) is 13.6 Å². The van der Waals surface area contributed by atoms with Gasteiger partial charge in [-0.1, -0.05) is 37.6 Å². The van der Waals surface area contributed by atoms with E-state index in [4.69, 9.17) is 0 Å². The summed E-state index contributed by atoms with van der Waals surface area (Å²) in [6.45, 7) is 7.55. The standard InChI is InChI=1S/C16H27N/c1-4-14(2)16-12-8-7-11-15(16)10-6-5-9-13-17-3/h7,11,17H,2,4-6,8-10,12-13H2,1,3H3. The van der Waals surface area contributed by atoms with E-state index in [1.807, 2.05) is 7.05 Å². The third kappa shape index (κ3) is 4.91. The van der Waals surface area contributed by atoms with Crippen LogP contribution in [0.15, 0.2) is 35.5 Å². The lowest BCUT2D eigenvalue weighted by molar-refractivity contribution is 0.640. The molecule has 17 heavy (non-hydrogen) atoms. The molecule has 0 spiro atoms. The Hall–Kier alpha value is -0.820. The van der Waals surface area contributed by atoms with Gasteiger partial charge in [0.25, 0.3) is 0 Å². The van der Waals surface area contributed by atoms with Gasteiger partial charge in [0.2, 0.25) is 0 Å². The molecule has 0 saturated carbocycles. The molecular formula is C16H27N. The van der Waals surface area contributed by atoms with Crippen molar-refractivity contribution >= 4 is 0 Å². The molecular weight excluding hydrogens is 206 g/mol. The molecule has 0 fully saturated rings. The van der Waals surface area contributed by atoms with Crippen LogP contribution in [-0.2, 0) is 0 Å². The van der Waals surface area contributed by atoms with Crippen LogP contribution in [0.2, 0.25) is 0 Å². The maximum atomic E-state index is 4.20. The highest BCUT2D eigenvalue weighted by molar-refractivity contribution is 5.41. The van der Waals surface area contributed by atoms with Gasteiger partial charge in [0.1, 0.15) is 0 Å². The number of hydrogen-bond acceptors (Lipinski definition) is 1. The van der Waals surface area contributed by atoms with Crippen LogP contribution in [0.3, 0.4) is 0 Å². The van der Waals surface area contributed by atoms with Crippen LogP contribution in [0.25, 0.3) is 0 Å². The van der Waals surface area contributed by atoms with Crippen LogP contribution in [0.5, 0.6) is 0 Å². The SMILES string of the molecule is C=C(CC)C1=C(CCCCCNC)C=CCC1. The number of unbranched alkanes of at least 4 members (excludes halogenated alkanes) is 2. The first-order valence-electron chi connectivity index (χ1n) is 7.01. The molecule has 1 N–H and O–H groups in total. The van der Waals surface area contributed by atoms with E-state index in [1.54, 1.807) is 11.1 Å². The highest BCUT2D eigenvalue weighted by atomic mass is 14.8. The lowest BCUT2D eigenvalue weighted by Crippen LogP contribution is -2.07. The van der Waals surface area contributed by atoms with Gasteiger partial charge in [0.05, 0.1) is 0 Å². The maximum absolute atomic E-state index is 4.20. The van der Waals surface area contributed by atoms with E-state index >= 15 is 0 Å². The summed E-state index contributed by atoms with van der Waals surface area (Å²) < 4.78 is 0. The summed E-state index contributed by atoms with van der Waals surface area (Å²) >= 11 is 0. The summed E-state index contributed by atoms with van der Waals surface area (Å²) in [5.74, 6) is 0. The molecule has 0 aromatic rings. The Morgan fingerprint density at radius 2 is 2.18 bits per heavy atom. The molecule has 0 amide bonds. The molecule has 1 rings (SSSR count). The summed E-state index contributed by atoms with van der Waals surface area (Å²) in [5.41, 5.74) is 4.44. The van der Waals surface area contributed by atoms with E-state index in [-0.39, 0.29) is 0 Å². The lowest BCUT2D eigenvalue weighted by atomic mass is 9.88. The quantitative estimate of drug-likeness (QED) is 0.613. The fraction of sp³-hybridized carbons (Fsp3) is 0.625. The molecule has 0 aliphatic heterocycles. The zero-order valence-electron chi connectivity index (χ0n) is 11.5. The summed E-state index contributed by atoms with van der Waals surface area (Å²) in [6, 6.07) is 0. The summed E-state index contributed by atoms with van der Waals surface area (Å²) in [4.78, 5) is 0. The first-order valence-corrected chi connectivity index (χ1v) is 7.01. The second-order valence-electron chi connectivity index (χ2n) is 4.82. The van der Waals surface area contributed by atoms with Crippen molar-refractivity contribution in [2.45, 2.75) is 51.9 Å². The molecule has 1 nitrogen and oxygen atoms in total. The number of allylic oxidation sites excluding steroid dienone is 5. The minimum Gasteiger partial charge on any atom is -0.320 e. The molecule has 1 aliphatic carbocycles. The number of hydrogen-bond donors (Lipinski definition) is 1. The minimum atomic E-state index is 1.09. The smallest absolute Gasteiger partial charge is 0.00519 e. The Kier molecular flexibility index (Phi) is 6.95. The fourth-order valence-corrected chi connectivity index (χ4v) is 2.36. The van der Waals surface area contributed by atoms with Crippen LogP contribution < -0.4 is 5.32 Å². The fourth-order valence-electron chi connectivity index (χ4n) is 2.36. The van der Waals surface area contributed by atoms with E-state index in [0.29, 0.717) is 0 Å². The van der Waals surface area contributed by atoms with Crippen LogP contribution >= 0.6 is 0 Å². The van der Waals surface area contributed by atoms with Gasteiger partial charge < -0.3 is 5.32 Å². The average Bonchev–Trinajstić information content (AvgIpc) is 2.38. The van der Waals surface area contributed by atoms with E-state index in [9.17, 15) is 0 Å². The topological polar surface area (TPSA) is 12.0 Å². The normalized spacial score (nSPS) is 15.4. The van der Waals surface area contributed by atoms with Gasteiger partial charge in [-0.15, -0.1) is 0 Å². The van der Waals surface area contributed by atoms with Crippen molar-refractivity contribution in [3.8, 4) is 0 Å². The van der Waals surface area contributed by atoms with Gasteiger partial charge in [-0.2, -0.15) is 0 Å². The molecule has 0 bridgehead atoms. The maximum Gasteiger partial charge on any atom is -0.00519 e. The molecule has 0 aromatic carbocycles. The molecule has 96 valence electrons. The average molecular weight is 233 g/mol. The van der Waals surface area contributed by atoms with Crippen LogP contribution in [0, 0.1) is 0 Å². The van der Waals surface area contributed by atoms with Crippen molar-refractivity contribution < 1.29 is 0 Å².